The molecule has 0 saturated carbocycles. The van der Waals surface area contributed by atoms with Gasteiger partial charge in [-0.3, -0.25) is 0 Å². The van der Waals surface area contributed by atoms with Crippen LogP contribution in [0.2, 0.25) is 0 Å². The lowest BCUT2D eigenvalue weighted by atomic mass is 9.96. The van der Waals surface area contributed by atoms with Crippen molar-refractivity contribution < 1.29 is 0 Å². The average molecular weight is 336 g/mol. The van der Waals surface area contributed by atoms with E-state index in [1.165, 1.54) is 12.8 Å². The lowest BCUT2D eigenvalue weighted by Crippen LogP contribution is -2.39. The van der Waals surface area contributed by atoms with Gasteiger partial charge in [0.25, 0.3) is 0 Å². The molecule has 0 aliphatic carbocycles. The highest BCUT2D eigenvalue weighted by atomic mass is 79.9. The molecule has 0 aromatic heterocycles. The van der Waals surface area contributed by atoms with Gasteiger partial charge in [-0.05, 0) is 63.9 Å². The van der Waals surface area contributed by atoms with Crippen molar-refractivity contribution in [1.29, 1.82) is 5.26 Å². The normalized spacial score (nSPS) is 16.1. The molecular formula is C16H22BrN3. The number of hydrogen-bond acceptors (Lipinski definition) is 3. The van der Waals surface area contributed by atoms with Gasteiger partial charge >= 0.3 is 0 Å². The second kappa shape index (κ2) is 7.10. The summed E-state index contributed by atoms with van der Waals surface area (Å²) in [6.45, 7) is 7.75. The summed E-state index contributed by atoms with van der Waals surface area (Å²) < 4.78 is 0.975. The molecule has 1 saturated heterocycles. The Hall–Kier alpha value is -1.05. The Morgan fingerprint density at radius 2 is 2.05 bits per heavy atom. The van der Waals surface area contributed by atoms with Crippen LogP contribution in [0.4, 0.5) is 5.69 Å². The minimum absolute atomic E-state index is 0.436. The van der Waals surface area contributed by atoms with Gasteiger partial charge in [0.15, 0.2) is 0 Å². The highest BCUT2D eigenvalue weighted by Gasteiger charge is 2.19. The van der Waals surface area contributed by atoms with Crippen molar-refractivity contribution in [1.82, 2.24) is 5.32 Å². The van der Waals surface area contributed by atoms with Gasteiger partial charge in [0, 0.05) is 22.7 Å². The molecule has 0 spiro atoms. The van der Waals surface area contributed by atoms with Crippen LogP contribution in [0.3, 0.4) is 0 Å². The van der Waals surface area contributed by atoms with Crippen LogP contribution in [0.1, 0.15) is 32.3 Å². The van der Waals surface area contributed by atoms with E-state index in [1.807, 2.05) is 12.1 Å². The van der Waals surface area contributed by atoms with Crippen LogP contribution in [0.15, 0.2) is 22.7 Å². The summed E-state index contributed by atoms with van der Waals surface area (Å²) in [6, 6.07) is 8.65. The summed E-state index contributed by atoms with van der Waals surface area (Å²) in [6.07, 6.45) is 2.48. The SMILES string of the molecule is CC(C)N(CC1CCNCC1)c1cc(Br)cc(C#N)c1. The van der Waals surface area contributed by atoms with E-state index >= 15 is 0 Å². The van der Waals surface area contributed by atoms with Crippen LogP contribution >= 0.6 is 15.9 Å². The molecular weight excluding hydrogens is 314 g/mol. The van der Waals surface area contributed by atoms with Gasteiger partial charge in [0.05, 0.1) is 11.6 Å². The van der Waals surface area contributed by atoms with Gasteiger partial charge in [-0.2, -0.15) is 5.26 Å². The first-order valence-corrected chi connectivity index (χ1v) is 8.07. The molecule has 0 unspecified atom stereocenters. The van der Waals surface area contributed by atoms with E-state index < -0.39 is 0 Å². The van der Waals surface area contributed by atoms with Crippen LogP contribution < -0.4 is 10.2 Å². The van der Waals surface area contributed by atoms with Crippen LogP contribution in [-0.2, 0) is 0 Å². The molecule has 1 aromatic rings. The highest BCUT2D eigenvalue weighted by molar-refractivity contribution is 9.10. The number of piperidine rings is 1. The van der Waals surface area contributed by atoms with E-state index in [0.29, 0.717) is 11.6 Å². The van der Waals surface area contributed by atoms with Crippen LogP contribution in [-0.4, -0.2) is 25.7 Å². The maximum atomic E-state index is 9.13. The van der Waals surface area contributed by atoms with E-state index in [9.17, 15) is 0 Å². The van der Waals surface area contributed by atoms with Crippen molar-refractivity contribution in [3.05, 3.63) is 28.2 Å². The number of hydrogen-bond donors (Lipinski definition) is 1. The Balaban J connectivity index is 2.19. The summed E-state index contributed by atoms with van der Waals surface area (Å²) in [5.74, 6) is 0.739. The Bertz CT molecular complexity index is 487. The quantitative estimate of drug-likeness (QED) is 0.914. The molecule has 1 aromatic carbocycles. The highest BCUT2D eigenvalue weighted by Crippen LogP contribution is 2.26. The maximum Gasteiger partial charge on any atom is 0.0992 e. The standard InChI is InChI=1S/C16H22BrN3/c1-12(2)20(11-13-3-5-19-6-4-13)16-8-14(10-18)7-15(17)9-16/h7-9,12-13,19H,3-6,11H2,1-2H3. The van der Waals surface area contributed by atoms with Crippen molar-refractivity contribution in [3.63, 3.8) is 0 Å². The number of benzene rings is 1. The maximum absolute atomic E-state index is 9.13. The van der Waals surface area contributed by atoms with E-state index in [4.69, 9.17) is 5.26 Å². The topological polar surface area (TPSA) is 39.1 Å². The lowest BCUT2D eigenvalue weighted by Gasteiger charge is -2.34. The Kier molecular flexibility index (Phi) is 5.45. The van der Waals surface area contributed by atoms with Crippen molar-refractivity contribution in [2.75, 3.05) is 24.5 Å². The average Bonchev–Trinajstić information content (AvgIpc) is 2.44. The smallest absolute Gasteiger partial charge is 0.0992 e. The zero-order valence-corrected chi connectivity index (χ0v) is 13.8. The predicted octanol–water partition coefficient (Wildman–Crippen LogP) is 3.54. The Labute approximate surface area is 130 Å². The number of nitrogens with one attached hydrogen (secondary N) is 1. The summed E-state index contributed by atoms with van der Waals surface area (Å²) in [5, 5.41) is 12.5. The zero-order valence-electron chi connectivity index (χ0n) is 12.2. The van der Waals surface area contributed by atoms with Gasteiger partial charge in [0.2, 0.25) is 0 Å². The molecule has 1 fully saturated rings. The monoisotopic (exact) mass is 335 g/mol. The molecule has 108 valence electrons. The minimum atomic E-state index is 0.436. The first kappa shape index (κ1) is 15.3. The molecule has 20 heavy (non-hydrogen) atoms. The van der Waals surface area contributed by atoms with Crippen molar-refractivity contribution in [3.8, 4) is 6.07 Å². The second-order valence-electron chi connectivity index (χ2n) is 5.75. The zero-order chi connectivity index (χ0) is 14.5. The third-order valence-corrected chi connectivity index (χ3v) is 4.34. The molecule has 0 amide bonds. The van der Waals surface area contributed by atoms with Gasteiger partial charge in [-0.15, -0.1) is 0 Å². The molecule has 1 aliphatic heterocycles. The first-order valence-electron chi connectivity index (χ1n) is 7.28. The molecule has 0 atom stereocenters. The van der Waals surface area contributed by atoms with Gasteiger partial charge < -0.3 is 10.2 Å². The molecule has 1 heterocycles. The van der Waals surface area contributed by atoms with Gasteiger partial charge in [0.1, 0.15) is 0 Å². The largest absolute Gasteiger partial charge is 0.369 e. The number of nitriles is 1. The number of halogens is 1. The molecule has 0 bridgehead atoms. The first-order chi connectivity index (χ1) is 9.60. The summed E-state index contributed by atoms with van der Waals surface area (Å²) in [7, 11) is 0. The Morgan fingerprint density at radius 1 is 1.35 bits per heavy atom. The second-order valence-corrected chi connectivity index (χ2v) is 6.67. The molecule has 0 radical (unpaired) electrons. The fraction of sp³-hybridized carbons (Fsp3) is 0.562. The molecule has 2 rings (SSSR count). The number of anilines is 1. The summed E-state index contributed by atoms with van der Waals surface area (Å²) in [4.78, 5) is 2.42. The van der Waals surface area contributed by atoms with Crippen LogP contribution in [0, 0.1) is 17.2 Å². The molecule has 3 nitrogen and oxygen atoms in total. The van der Waals surface area contributed by atoms with E-state index in [2.05, 4.69) is 52.1 Å². The summed E-state index contributed by atoms with van der Waals surface area (Å²) in [5.41, 5.74) is 1.86. The van der Waals surface area contributed by atoms with Gasteiger partial charge in [-0.1, -0.05) is 15.9 Å². The third kappa shape index (κ3) is 3.97. The van der Waals surface area contributed by atoms with Gasteiger partial charge in [-0.25, -0.2) is 0 Å². The van der Waals surface area contributed by atoms with Crippen LogP contribution in [0.5, 0.6) is 0 Å². The van der Waals surface area contributed by atoms with Crippen molar-refractivity contribution in [2.24, 2.45) is 5.92 Å². The van der Waals surface area contributed by atoms with Crippen LogP contribution in [0.25, 0.3) is 0 Å². The predicted molar refractivity (Wildman–Crippen MR) is 86.9 cm³/mol. The minimum Gasteiger partial charge on any atom is -0.369 e. The van der Waals surface area contributed by atoms with E-state index in [-0.39, 0.29) is 0 Å². The lowest BCUT2D eigenvalue weighted by molar-refractivity contribution is 0.368. The number of rotatable bonds is 4. The third-order valence-electron chi connectivity index (χ3n) is 3.88. The summed E-state index contributed by atoms with van der Waals surface area (Å²) >= 11 is 3.51. The van der Waals surface area contributed by atoms with E-state index in [0.717, 1.165) is 35.7 Å². The fourth-order valence-electron chi connectivity index (χ4n) is 2.76. The fourth-order valence-corrected chi connectivity index (χ4v) is 3.24. The van der Waals surface area contributed by atoms with Crippen molar-refractivity contribution in [2.45, 2.75) is 32.7 Å². The molecule has 1 aliphatic rings. The van der Waals surface area contributed by atoms with Crippen molar-refractivity contribution >= 4 is 21.6 Å². The molecule has 1 N–H and O–H groups in total. The number of nitrogens with zero attached hydrogens (tertiary/aromatic N) is 2. The van der Waals surface area contributed by atoms with E-state index in [1.54, 1.807) is 0 Å². The molecule has 4 heteroatoms. The Morgan fingerprint density at radius 3 is 2.65 bits per heavy atom.